The summed E-state index contributed by atoms with van der Waals surface area (Å²) in [6.07, 6.45) is 0.00991. The van der Waals surface area contributed by atoms with Crippen molar-refractivity contribution in [2.24, 2.45) is 0 Å². The van der Waals surface area contributed by atoms with Crippen LogP contribution < -0.4 is 4.74 Å². The highest BCUT2D eigenvalue weighted by Crippen LogP contribution is 2.26. The minimum atomic E-state index is -0.555. The second kappa shape index (κ2) is 8.48. The number of hydrogen-bond donors (Lipinski definition) is 1. The van der Waals surface area contributed by atoms with Crippen LogP contribution in [-0.2, 0) is 17.8 Å². The van der Waals surface area contributed by atoms with Gasteiger partial charge in [-0.2, -0.15) is 0 Å². The molecule has 0 heterocycles. The maximum atomic E-state index is 10.6. The average molecular weight is 379 g/mol. The lowest BCUT2D eigenvalue weighted by Gasteiger charge is -2.15. The Morgan fingerprint density at radius 2 is 1.91 bits per heavy atom. The molecule has 2 aromatic carbocycles. The Balaban J connectivity index is 2.15. The van der Waals surface area contributed by atoms with Crippen molar-refractivity contribution in [2.45, 2.75) is 33.0 Å². The molecule has 3 nitrogen and oxygen atoms in total. The van der Waals surface area contributed by atoms with E-state index in [0.717, 1.165) is 32.5 Å². The van der Waals surface area contributed by atoms with E-state index in [1.807, 2.05) is 44.2 Å². The Bertz CT molecular complexity index is 655. The first-order chi connectivity index (χ1) is 11.0. The normalized spacial score (nSPS) is 12.2. The lowest BCUT2D eigenvalue weighted by molar-refractivity contribution is 0.133. The summed E-state index contributed by atoms with van der Waals surface area (Å²) >= 11 is 3.51. The summed E-state index contributed by atoms with van der Waals surface area (Å²) in [4.78, 5) is 0. The maximum Gasteiger partial charge on any atom is 0.121 e. The smallest absolute Gasteiger partial charge is 0.121 e. The van der Waals surface area contributed by atoms with Gasteiger partial charge in [0, 0.05) is 17.5 Å². The van der Waals surface area contributed by atoms with Gasteiger partial charge in [0.25, 0.3) is 0 Å². The number of rotatable bonds is 7. The maximum absolute atomic E-state index is 10.6. The zero-order valence-electron chi connectivity index (χ0n) is 13.8. The Morgan fingerprint density at radius 1 is 1.13 bits per heavy atom. The van der Waals surface area contributed by atoms with Crippen LogP contribution in [0.2, 0.25) is 0 Å². The third kappa shape index (κ3) is 5.06. The number of hydrogen-bond acceptors (Lipinski definition) is 3. The number of benzene rings is 2. The molecule has 0 aliphatic carbocycles. The molecule has 2 rings (SSSR count). The fraction of sp³-hybridized carbons (Fsp3) is 0.368. The zero-order chi connectivity index (χ0) is 16.8. The van der Waals surface area contributed by atoms with Crippen LogP contribution in [0.5, 0.6) is 5.75 Å². The van der Waals surface area contributed by atoms with E-state index in [4.69, 9.17) is 9.47 Å². The van der Waals surface area contributed by atoms with E-state index < -0.39 is 6.10 Å². The number of aliphatic hydroxyl groups is 1. The van der Waals surface area contributed by atoms with Crippen LogP contribution in [0, 0.1) is 6.92 Å². The summed E-state index contributed by atoms with van der Waals surface area (Å²) in [5.41, 5.74) is 4.11. The van der Waals surface area contributed by atoms with Gasteiger partial charge in [-0.05, 0) is 54.3 Å². The lowest BCUT2D eigenvalue weighted by Crippen LogP contribution is -2.04. The summed E-state index contributed by atoms with van der Waals surface area (Å²) in [6, 6.07) is 12.0. The molecule has 0 spiro atoms. The van der Waals surface area contributed by atoms with Gasteiger partial charge in [0.05, 0.1) is 19.8 Å². The molecule has 0 aliphatic heterocycles. The Kier molecular flexibility index (Phi) is 6.63. The Hall–Kier alpha value is -1.36. The van der Waals surface area contributed by atoms with Crippen molar-refractivity contribution < 1.29 is 14.6 Å². The molecule has 1 unspecified atom stereocenters. The van der Waals surface area contributed by atoms with Crippen LogP contribution in [0.15, 0.2) is 40.9 Å². The minimum Gasteiger partial charge on any atom is -0.496 e. The predicted octanol–water partition coefficient (Wildman–Crippen LogP) is 4.58. The fourth-order valence-corrected chi connectivity index (χ4v) is 3.14. The van der Waals surface area contributed by atoms with Gasteiger partial charge in [0.2, 0.25) is 0 Å². The topological polar surface area (TPSA) is 38.7 Å². The molecule has 0 amide bonds. The SMILES string of the molecule is CCOCc1cc(Br)cc(C(O)Cc2ccc(OC)c(C)c2)c1. The van der Waals surface area contributed by atoms with Crippen LogP contribution in [0.3, 0.4) is 0 Å². The summed E-state index contributed by atoms with van der Waals surface area (Å²) in [7, 11) is 1.66. The van der Waals surface area contributed by atoms with Gasteiger partial charge in [0.1, 0.15) is 5.75 Å². The molecule has 1 N–H and O–H groups in total. The monoisotopic (exact) mass is 378 g/mol. The van der Waals surface area contributed by atoms with Crippen molar-refractivity contribution in [3.05, 3.63) is 63.1 Å². The molecular formula is C19H23BrO3. The average Bonchev–Trinajstić information content (AvgIpc) is 2.52. The van der Waals surface area contributed by atoms with Gasteiger partial charge in [0.15, 0.2) is 0 Å². The van der Waals surface area contributed by atoms with Crippen molar-refractivity contribution in [3.63, 3.8) is 0 Å². The minimum absolute atomic E-state index is 0.553. The zero-order valence-corrected chi connectivity index (χ0v) is 15.4. The predicted molar refractivity (Wildman–Crippen MR) is 95.9 cm³/mol. The molecule has 23 heavy (non-hydrogen) atoms. The van der Waals surface area contributed by atoms with Gasteiger partial charge >= 0.3 is 0 Å². The highest BCUT2D eigenvalue weighted by Gasteiger charge is 2.12. The van der Waals surface area contributed by atoms with Crippen molar-refractivity contribution in [1.29, 1.82) is 0 Å². The molecule has 1 atom stereocenters. The molecule has 0 aromatic heterocycles. The van der Waals surface area contributed by atoms with Crippen LogP contribution >= 0.6 is 15.9 Å². The van der Waals surface area contributed by atoms with Gasteiger partial charge in [-0.25, -0.2) is 0 Å². The molecule has 0 saturated carbocycles. The van der Waals surface area contributed by atoms with E-state index in [9.17, 15) is 5.11 Å². The summed E-state index contributed by atoms with van der Waals surface area (Å²) in [5, 5.41) is 10.6. The number of aliphatic hydroxyl groups excluding tert-OH is 1. The molecule has 2 aromatic rings. The molecule has 0 aliphatic rings. The first kappa shape index (κ1) is 18.0. The Morgan fingerprint density at radius 3 is 2.57 bits per heavy atom. The Labute approximate surface area is 146 Å². The third-order valence-corrected chi connectivity index (χ3v) is 4.18. The van der Waals surface area contributed by atoms with Crippen molar-refractivity contribution in [1.82, 2.24) is 0 Å². The van der Waals surface area contributed by atoms with Crippen LogP contribution in [0.25, 0.3) is 0 Å². The highest BCUT2D eigenvalue weighted by atomic mass is 79.9. The number of halogens is 1. The van der Waals surface area contributed by atoms with E-state index in [-0.39, 0.29) is 0 Å². The van der Waals surface area contributed by atoms with E-state index in [1.54, 1.807) is 7.11 Å². The molecule has 4 heteroatoms. The second-order valence-corrected chi connectivity index (χ2v) is 6.47. The van der Waals surface area contributed by atoms with Crippen molar-refractivity contribution >= 4 is 15.9 Å². The van der Waals surface area contributed by atoms with Crippen LogP contribution in [0.4, 0.5) is 0 Å². The van der Waals surface area contributed by atoms with E-state index in [0.29, 0.717) is 19.6 Å². The summed E-state index contributed by atoms with van der Waals surface area (Å²) < 4.78 is 11.7. The standard InChI is InChI=1S/C19H23BrO3/c1-4-23-12-15-8-16(11-17(20)9-15)18(21)10-14-5-6-19(22-3)13(2)7-14/h5-9,11,18,21H,4,10,12H2,1-3H3. The first-order valence-corrected chi connectivity index (χ1v) is 8.51. The van der Waals surface area contributed by atoms with Gasteiger partial charge in [-0.15, -0.1) is 0 Å². The lowest BCUT2D eigenvalue weighted by atomic mass is 9.98. The second-order valence-electron chi connectivity index (χ2n) is 5.55. The van der Waals surface area contributed by atoms with E-state index in [1.165, 1.54) is 0 Å². The molecule has 124 valence electrons. The third-order valence-electron chi connectivity index (χ3n) is 3.73. The molecule has 0 fully saturated rings. The molecular weight excluding hydrogens is 356 g/mol. The summed E-state index contributed by atoms with van der Waals surface area (Å²) in [5.74, 6) is 0.865. The van der Waals surface area contributed by atoms with Crippen molar-refractivity contribution in [3.8, 4) is 5.75 Å². The molecule has 0 radical (unpaired) electrons. The summed E-state index contributed by atoms with van der Waals surface area (Å²) in [6.45, 7) is 5.21. The quantitative estimate of drug-likeness (QED) is 0.766. The number of ether oxygens (including phenoxy) is 2. The number of methoxy groups -OCH3 is 1. The van der Waals surface area contributed by atoms with E-state index >= 15 is 0 Å². The van der Waals surface area contributed by atoms with Gasteiger partial charge < -0.3 is 14.6 Å². The number of aryl methyl sites for hydroxylation is 1. The van der Waals surface area contributed by atoms with Crippen molar-refractivity contribution in [2.75, 3.05) is 13.7 Å². The van der Waals surface area contributed by atoms with Crippen LogP contribution in [0.1, 0.15) is 35.3 Å². The fourth-order valence-electron chi connectivity index (χ4n) is 2.58. The molecule has 0 bridgehead atoms. The van der Waals surface area contributed by atoms with Crippen LogP contribution in [-0.4, -0.2) is 18.8 Å². The largest absolute Gasteiger partial charge is 0.496 e. The van der Waals surface area contributed by atoms with E-state index in [2.05, 4.69) is 22.0 Å². The van der Waals surface area contributed by atoms with Gasteiger partial charge in [-0.3, -0.25) is 0 Å². The molecule has 0 saturated heterocycles. The van der Waals surface area contributed by atoms with Gasteiger partial charge in [-0.1, -0.05) is 34.1 Å². The first-order valence-electron chi connectivity index (χ1n) is 7.72. The highest BCUT2D eigenvalue weighted by molar-refractivity contribution is 9.10.